The third-order valence-corrected chi connectivity index (χ3v) is 3.39. The zero-order valence-electron chi connectivity index (χ0n) is 12.2. The molecule has 2 rings (SSSR count). The number of hydrogen-bond donors (Lipinski definition) is 2. The predicted molar refractivity (Wildman–Crippen MR) is 77.3 cm³/mol. The molecule has 1 heterocycles. The molecule has 3 atom stereocenters. The van der Waals surface area contributed by atoms with Gasteiger partial charge in [-0.25, -0.2) is 0 Å². The van der Waals surface area contributed by atoms with Gasteiger partial charge in [-0.15, -0.1) is 0 Å². The number of hydrogen-bond acceptors (Lipinski definition) is 4. The molecule has 0 spiro atoms. The number of amides is 1. The molecule has 1 saturated heterocycles. The summed E-state index contributed by atoms with van der Waals surface area (Å²) in [5.74, 6) is -0.0971. The van der Waals surface area contributed by atoms with Crippen molar-refractivity contribution in [1.29, 1.82) is 0 Å². The Morgan fingerprint density at radius 1 is 1.33 bits per heavy atom. The maximum absolute atomic E-state index is 12.0. The van der Waals surface area contributed by atoms with Crippen molar-refractivity contribution in [3.8, 4) is 0 Å². The summed E-state index contributed by atoms with van der Waals surface area (Å²) in [6, 6.07) is 5.83. The number of carbonyl (C=O) groups is 1. The lowest BCUT2D eigenvalue weighted by Crippen LogP contribution is -3.16. The third-order valence-electron chi connectivity index (χ3n) is 3.39. The monoisotopic (exact) mass is 294 g/mol. The van der Waals surface area contributed by atoms with Crippen LogP contribution in [-0.4, -0.2) is 42.7 Å². The summed E-state index contributed by atoms with van der Waals surface area (Å²) in [6.45, 7) is 5.98. The average molecular weight is 294 g/mol. The Labute approximate surface area is 123 Å². The van der Waals surface area contributed by atoms with E-state index in [1.54, 1.807) is 0 Å². The number of anilines is 1. The van der Waals surface area contributed by atoms with Gasteiger partial charge in [0.15, 0.2) is 6.54 Å². The van der Waals surface area contributed by atoms with E-state index in [-0.39, 0.29) is 23.8 Å². The summed E-state index contributed by atoms with van der Waals surface area (Å²) in [5, 5.41) is 13.3. The topological polar surface area (TPSA) is 85.9 Å². The fourth-order valence-corrected chi connectivity index (χ4v) is 2.63. The number of non-ortho nitro benzene ring substituents is 1. The van der Waals surface area contributed by atoms with E-state index >= 15 is 0 Å². The maximum atomic E-state index is 12.0. The van der Waals surface area contributed by atoms with Crippen molar-refractivity contribution in [3.63, 3.8) is 0 Å². The predicted octanol–water partition coefficient (Wildman–Crippen LogP) is 0.225. The summed E-state index contributed by atoms with van der Waals surface area (Å²) in [4.78, 5) is 23.3. The molecule has 2 N–H and O–H groups in total. The Balaban J connectivity index is 1.88. The van der Waals surface area contributed by atoms with Crippen LogP contribution >= 0.6 is 0 Å². The maximum Gasteiger partial charge on any atom is 0.279 e. The number of nitrogens with one attached hydrogen (secondary N) is 2. The van der Waals surface area contributed by atoms with Crippen LogP contribution in [0.25, 0.3) is 0 Å². The number of carbonyl (C=O) groups excluding carboxylic acids is 1. The quantitative estimate of drug-likeness (QED) is 0.614. The van der Waals surface area contributed by atoms with Crippen molar-refractivity contribution in [2.24, 2.45) is 0 Å². The molecule has 1 aromatic carbocycles. The average Bonchev–Trinajstić information content (AvgIpc) is 2.37. The van der Waals surface area contributed by atoms with E-state index in [4.69, 9.17) is 4.74 Å². The van der Waals surface area contributed by atoms with Crippen LogP contribution in [0.1, 0.15) is 13.8 Å². The minimum absolute atomic E-state index is 0.00875. The van der Waals surface area contributed by atoms with Gasteiger partial charge in [0, 0.05) is 17.8 Å². The number of rotatable bonds is 4. The summed E-state index contributed by atoms with van der Waals surface area (Å²) in [6.07, 6.45) is 0.298. The highest BCUT2D eigenvalue weighted by Gasteiger charge is 2.27. The SMILES string of the molecule is C[C@@H]1C[NH+](CC(=O)Nc2ccc([N+](=O)[O-])cc2)C[C@H](C)O1. The summed E-state index contributed by atoms with van der Waals surface area (Å²) in [7, 11) is 0. The van der Waals surface area contributed by atoms with Gasteiger partial charge in [-0.2, -0.15) is 0 Å². The van der Waals surface area contributed by atoms with E-state index in [1.165, 1.54) is 29.2 Å². The zero-order chi connectivity index (χ0) is 15.4. The molecule has 7 nitrogen and oxygen atoms in total. The first-order chi connectivity index (χ1) is 9.94. The second-order valence-electron chi connectivity index (χ2n) is 5.44. The molecule has 1 unspecified atom stereocenters. The van der Waals surface area contributed by atoms with Crippen LogP contribution in [0, 0.1) is 10.1 Å². The first-order valence-corrected chi connectivity index (χ1v) is 6.97. The van der Waals surface area contributed by atoms with Crippen molar-refractivity contribution in [2.75, 3.05) is 25.0 Å². The van der Waals surface area contributed by atoms with Crippen LogP contribution in [0.15, 0.2) is 24.3 Å². The van der Waals surface area contributed by atoms with E-state index in [9.17, 15) is 14.9 Å². The molecule has 1 aliphatic heterocycles. The smallest absolute Gasteiger partial charge is 0.279 e. The Morgan fingerprint density at radius 2 is 1.90 bits per heavy atom. The van der Waals surface area contributed by atoms with Crippen molar-refractivity contribution in [3.05, 3.63) is 34.4 Å². The number of nitro groups is 1. The highest BCUT2D eigenvalue weighted by molar-refractivity contribution is 5.91. The van der Waals surface area contributed by atoms with Crippen LogP contribution in [0.2, 0.25) is 0 Å². The van der Waals surface area contributed by atoms with Crippen molar-refractivity contribution in [2.45, 2.75) is 26.1 Å². The van der Waals surface area contributed by atoms with Gasteiger partial charge < -0.3 is 15.0 Å². The number of nitrogens with zero attached hydrogens (tertiary/aromatic N) is 1. The zero-order valence-corrected chi connectivity index (χ0v) is 12.2. The van der Waals surface area contributed by atoms with Gasteiger partial charge in [0.25, 0.3) is 11.6 Å². The van der Waals surface area contributed by atoms with Crippen LogP contribution in [0.4, 0.5) is 11.4 Å². The Morgan fingerprint density at radius 3 is 2.43 bits per heavy atom. The Kier molecular flexibility index (Phi) is 4.87. The highest BCUT2D eigenvalue weighted by Crippen LogP contribution is 2.15. The van der Waals surface area contributed by atoms with Gasteiger partial charge in [0.05, 0.1) is 4.92 Å². The van der Waals surface area contributed by atoms with E-state index in [1.807, 2.05) is 13.8 Å². The molecule has 1 amide bonds. The molecule has 0 aliphatic carbocycles. The molecule has 21 heavy (non-hydrogen) atoms. The van der Waals surface area contributed by atoms with Crippen LogP contribution in [0.5, 0.6) is 0 Å². The van der Waals surface area contributed by atoms with E-state index < -0.39 is 4.92 Å². The van der Waals surface area contributed by atoms with Crippen LogP contribution in [-0.2, 0) is 9.53 Å². The molecule has 0 bridgehead atoms. The number of benzene rings is 1. The Hall–Kier alpha value is -1.99. The van der Waals surface area contributed by atoms with Gasteiger partial charge in [-0.05, 0) is 26.0 Å². The molecule has 1 aromatic rings. The highest BCUT2D eigenvalue weighted by atomic mass is 16.6. The number of nitro benzene ring substituents is 1. The molecule has 1 aliphatic rings. The molecule has 0 radical (unpaired) electrons. The minimum atomic E-state index is -0.466. The van der Waals surface area contributed by atoms with E-state index in [2.05, 4.69) is 5.32 Å². The number of ether oxygens (including phenoxy) is 1. The van der Waals surface area contributed by atoms with Crippen molar-refractivity contribution >= 4 is 17.3 Å². The van der Waals surface area contributed by atoms with E-state index in [0.717, 1.165) is 13.1 Å². The minimum Gasteiger partial charge on any atom is -0.364 e. The lowest BCUT2D eigenvalue weighted by atomic mass is 10.2. The number of morpholine rings is 1. The molecule has 0 saturated carbocycles. The normalized spacial score (nSPS) is 25.3. The molecule has 1 fully saturated rings. The fraction of sp³-hybridized carbons (Fsp3) is 0.500. The first kappa shape index (κ1) is 15.4. The van der Waals surface area contributed by atoms with E-state index in [0.29, 0.717) is 12.2 Å². The lowest BCUT2D eigenvalue weighted by molar-refractivity contribution is -0.907. The van der Waals surface area contributed by atoms with Crippen molar-refractivity contribution in [1.82, 2.24) is 0 Å². The summed E-state index contributed by atoms with van der Waals surface area (Å²) in [5.41, 5.74) is 0.578. The van der Waals surface area contributed by atoms with Gasteiger partial charge in [0.2, 0.25) is 0 Å². The standard InChI is InChI=1S/C14H19N3O4/c1-10-7-16(8-11(2)21-10)9-14(18)15-12-3-5-13(6-4-12)17(19)20/h3-6,10-11H,7-9H2,1-2H3,(H,15,18)/p+1/t10-,11+. The van der Waals surface area contributed by atoms with Crippen LogP contribution < -0.4 is 10.2 Å². The van der Waals surface area contributed by atoms with Crippen LogP contribution in [0.3, 0.4) is 0 Å². The second kappa shape index (κ2) is 6.64. The Bertz CT molecular complexity index is 507. The second-order valence-corrected chi connectivity index (χ2v) is 5.44. The van der Waals surface area contributed by atoms with Crippen molar-refractivity contribution < 1.29 is 19.4 Å². The van der Waals surface area contributed by atoms with Gasteiger partial charge in [-0.1, -0.05) is 0 Å². The van der Waals surface area contributed by atoms with Gasteiger partial charge >= 0.3 is 0 Å². The first-order valence-electron chi connectivity index (χ1n) is 6.97. The molecule has 0 aromatic heterocycles. The fourth-order valence-electron chi connectivity index (χ4n) is 2.63. The largest absolute Gasteiger partial charge is 0.364 e. The van der Waals surface area contributed by atoms with Gasteiger partial charge in [-0.3, -0.25) is 14.9 Å². The van der Waals surface area contributed by atoms with Gasteiger partial charge in [0.1, 0.15) is 25.3 Å². The molecule has 7 heteroatoms. The lowest BCUT2D eigenvalue weighted by Gasteiger charge is -2.31. The molecular weight excluding hydrogens is 274 g/mol. The number of quaternary nitrogens is 1. The molecular formula is C14H20N3O4+. The molecule has 114 valence electrons. The third kappa shape index (κ3) is 4.51. The summed E-state index contributed by atoms with van der Waals surface area (Å²) < 4.78 is 5.64. The summed E-state index contributed by atoms with van der Waals surface area (Å²) >= 11 is 0.